The molecule has 0 unspecified atom stereocenters. The monoisotopic (exact) mass is 380 g/mol. The lowest BCUT2D eigenvalue weighted by atomic mass is 10.1. The van der Waals surface area contributed by atoms with Crippen LogP contribution in [0.25, 0.3) is 11.5 Å². The van der Waals surface area contributed by atoms with E-state index in [1.165, 1.54) is 0 Å². The van der Waals surface area contributed by atoms with E-state index < -0.39 is 12.8 Å². The number of aromatic nitrogens is 2. The summed E-state index contributed by atoms with van der Waals surface area (Å²) in [5.74, 6) is 0.743. The normalized spacial score (nSPS) is 12.1. The van der Waals surface area contributed by atoms with Crippen LogP contribution in [0.1, 0.15) is 32.2 Å². The van der Waals surface area contributed by atoms with Crippen molar-refractivity contribution < 1.29 is 22.4 Å². The third-order valence-electron chi connectivity index (χ3n) is 2.99. The maximum atomic E-state index is 12.1. The molecular formula is C18H19F3N4O2. The van der Waals surface area contributed by atoms with Gasteiger partial charge in [-0.2, -0.15) is 18.2 Å². The summed E-state index contributed by atoms with van der Waals surface area (Å²) in [6, 6.07) is 6.58. The Morgan fingerprint density at radius 3 is 2.37 bits per heavy atom. The summed E-state index contributed by atoms with van der Waals surface area (Å²) < 4.78 is 46.1. The van der Waals surface area contributed by atoms with Crippen LogP contribution in [-0.2, 0) is 11.3 Å². The summed E-state index contributed by atoms with van der Waals surface area (Å²) in [7, 11) is 0. The van der Waals surface area contributed by atoms with Gasteiger partial charge in [0.2, 0.25) is 11.7 Å². The van der Waals surface area contributed by atoms with Crippen LogP contribution in [0.5, 0.6) is 0 Å². The summed E-state index contributed by atoms with van der Waals surface area (Å²) in [6.07, 6.45) is -4.34. The highest BCUT2D eigenvalue weighted by Gasteiger charge is 2.27. The summed E-state index contributed by atoms with van der Waals surface area (Å²) >= 11 is 0. The first kappa shape index (κ1) is 20.5. The standard InChI is InChI=1S/C18H19F3N4O2/c1-11(2)22-15(23-12(3)4)16-24-17(27-25-16)14-7-5-13(6-8-14)9-26-10-18(19,20)21/h5-8H,1,9-10H2,2-4H3. The van der Waals surface area contributed by atoms with Crippen LogP contribution in [0.2, 0.25) is 0 Å². The second-order valence-corrected chi connectivity index (χ2v) is 5.96. The van der Waals surface area contributed by atoms with Crippen LogP contribution in [0.15, 0.2) is 51.0 Å². The molecule has 0 fully saturated rings. The molecule has 0 N–H and O–H groups in total. The highest BCUT2D eigenvalue weighted by atomic mass is 19.4. The van der Waals surface area contributed by atoms with Gasteiger partial charge >= 0.3 is 6.18 Å². The van der Waals surface area contributed by atoms with E-state index in [9.17, 15) is 13.2 Å². The number of hydrogen-bond acceptors (Lipinski definition) is 5. The maximum Gasteiger partial charge on any atom is 0.411 e. The van der Waals surface area contributed by atoms with Gasteiger partial charge in [-0.15, -0.1) is 0 Å². The van der Waals surface area contributed by atoms with E-state index in [0.29, 0.717) is 16.8 Å². The van der Waals surface area contributed by atoms with Crippen molar-refractivity contribution in [2.24, 2.45) is 9.98 Å². The lowest BCUT2D eigenvalue weighted by molar-refractivity contribution is -0.176. The fourth-order valence-corrected chi connectivity index (χ4v) is 1.98. The molecule has 0 bridgehead atoms. The smallest absolute Gasteiger partial charge is 0.367 e. The minimum absolute atomic E-state index is 0.144. The van der Waals surface area contributed by atoms with Gasteiger partial charge in [0.05, 0.1) is 6.61 Å². The van der Waals surface area contributed by atoms with Crippen LogP contribution in [0.3, 0.4) is 0 Å². The van der Waals surface area contributed by atoms with Crippen molar-refractivity contribution in [3.8, 4) is 11.5 Å². The van der Waals surface area contributed by atoms with Crippen LogP contribution < -0.4 is 0 Å². The Labute approximate surface area is 154 Å². The van der Waals surface area contributed by atoms with E-state index in [4.69, 9.17) is 4.52 Å². The molecule has 27 heavy (non-hydrogen) atoms. The first-order valence-corrected chi connectivity index (χ1v) is 7.98. The van der Waals surface area contributed by atoms with Gasteiger partial charge < -0.3 is 9.26 Å². The highest BCUT2D eigenvalue weighted by molar-refractivity contribution is 6.04. The maximum absolute atomic E-state index is 12.1. The van der Waals surface area contributed by atoms with Crippen LogP contribution >= 0.6 is 0 Å². The van der Waals surface area contributed by atoms with E-state index in [0.717, 1.165) is 5.71 Å². The number of ether oxygens (including phenoxy) is 1. The molecule has 0 atom stereocenters. The SMILES string of the molecule is C=C(C)N=C(N=C(C)C)c1noc(-c2ccc(COCC(F)(F)F)cc2)n1. The molecule has 2 aromatic rings. The van der Waals surface area contributed by atoms with Gasteiger partial charge in [0.15, 0.2) is 0 Å². The van der Waals surface area contributed by atoms with E-state index in [2.05, 4.69) is 31.4 Å². The zero-order valence-electron chi connectivity index (χ0n) is 15.2. The molecule has 0 saturated carbocycles. The number of aliphatic imine (C=N–C) groups is 2. The zero-order valence-corrected chi connectivity index (χ0v) is 15.2. The molecule has 9 heteroatoms. The second-order valence-electron chi connectivity index (χ2n) is 5.96. The average molecular weight is 380 g/mol. The number of nitrogens with zero attached hydrogens (tertiary/aromatic N) is 4. The number of rotatable bonds is 6. The van der Waals surface area contributed by atoms with Crippen molar-refractivity contribution >= 4 is 11.5 Å². The summed E-state index contributed by atoms with van der Waals surface area (Å²) in [5, 5.41) is 3.88. The van der Waals surface area contributed by atoms with Crippen LogP contribution in [-0.4, -0.2) is 34.5 Å². The third-order valence-corrected chi connectivity index (χ3v) is 2.99. The lowest BCUT2D eigenvalue weighted by Gasteiger charge is -2.07. The molecule has 0 radical (unpaired) electrons. The molecule has 144 valence electrons. The fraction of sp³-hybridized carbons (Fsp3) is 0.333. The molecule has 6 nitrogen and oxygen atoms in total. The number of allylic oxidation sites excluding steroid dienone is 1. The van der Waals surface area contributed by atoms with Gasteiger partial charge in [-0.25, -0.2) is 9.98 Å². The largest absolute Gasteiger partial charge is 0.411 e. The molecule has 1 heterocycles. The van der Waals surface area contributed by atoms with Gasteiger partial charge in [0, 0.05) is 17.0 Å². The van der Waals surface area contributed by atoms with Gasteiger partial charge in [-0.05, 0) is 38.5 Å². The van der Waals surface area contributed by atoms with Crippen molar-refractivity contribution in [1.29, 1.82) is 0 Å². The number of amidine groups is 1. The minimum atomic E-state index is -4.34. The molecule has 0 spiro atoms. The van der Waals surface area contributed by atoms with Gasteiger partial charge in [-0.1, -0.05) is 23.9 Å². The summed E-state index contributed by atoms with van der Waals surface area (Å²) in [5.41, 5.74) is 2.52. The molecule has 0 aliphatic heterocycles. The topological polar surface area (TPSA) is 72.9 Å². The average Bonchev–Trinajstić information content (AvgIpc) is 3.03. The van der Waals surface area contributed by atoms with Crippen LogP contribution in [0, 0.1) is 0 Å². The van der Waals surface area contributed by atoms with Gasteiger partial charge in [-0.3, -0.25) is 0 Å². The molecule has 0 aliphatic rings. The highest BCUT2D eigenvalue weighted by Crippen LogP contribution is 2.20. The van der Waals surface area contributed by atoms with E-state index >= 15 is 0 Å². The minimum Gasteiger partial charge on any atom is -0.367 e. The Hall–Kier alpha value is -2.81. The lowest BCUT2D eigenvalue weighted by Crippen LogP contribution is -2.16. The molecule has 0 aliphatic carbocycles. The third kappa shape index (κ3) is 6.78. The van der Waals surface area contributed by atoms with Crippen molar-refractivity contribution in [3.05, 3.63) is 47.9 Å². The Kier molecular flexibility index (Phi) is 6.62. The number of benzene rings is 1. The zero-order chi connectivity index (χ0) is 20.0. The quantitative estimate of drug-likeness (QED) is 0.543. The molecule has 0 amide bonds. The van der Waals surface area contributed by atoms with Gasteiger partial charge in [0.1, 0.15) is 6.61 Å². The predicted molar refractivity (Wildman–Crippen MR) is 95.6 cm³/mol. The van der Waals surface area contributed by atoms with E-state index in [1.807, 2.05) is 13.8 Å². The number of hydrogen-bond donors (Lipinski definition) is 0. The molecular weight excluding hydrogens is 361 g/mol. The van der Waals surface area contributed by atoms with Crippen molar-refractivity contribution in [2.45, 2.75) is 33.6 Å². The second kappa shape index (κ2) is 8.72. The van der Waals surface area contributed by atoms with Crippen molar-refractivity contribution in [3.63, 3.8) is 0 Å². The van der Waals surface area contributed by atoms with Crippen LogP contribution in [0.4, 0.5) is 13.2 Å². The molecule has 0 saturated heterocycles. The number of alkyl halides is 3. The van der Waals surface area contributed by atoms with E-state index in [1.54, 1.807) is 31.2 Å². The first-order valence-electron chi connectivity index (χ1n) is 7.98. The van der Waals surface area contributed by atoms with Crippen molar-refractivity contribution in [1.82, 2.24) is 10.1 Å². The summed E-state index contributed by atoms with van der Waals surface area (Å²) in [6.45, 7) is 7.64. The predicted octanol–water partition coefficient (Wildman–Crippen LogP) is 4.58. The molecule has 2 rings (SSSR count). The fourth-order valence-electron chi connectivity index (χ4n) is 1.98. The molecule has 1 aromatic heterocycles. The summed E-state index contributed by atoms with van der Waals surface area (Å²) in [4.78, 5) is 12.8. The van der Waals surface area contributed by atoms with E-state index in [-0.39, 0.29) is 24.2 Å². The Balaban J connectivity index is 2.13. The molecule has 1 aromatic carbocycles. The Bertz CT molecular complexity index is 848. The van der Waals surface area contributed by atoms with Gasteiger partial charge in [0.25, 0.3) is 5.89 Å². The van der Waals surface area contributed by atoms with Crippen molar-refractivity contribution in [2.75, 3.05) is 6.61 Å². The Morgan fingerprint density at radius 2 is 1.81 bits per heavy atom. The number of halogens is 3. The Morgan fingerprint density at radius 1 is 1.15 bits per heavy atom. The first-order chi connectivity index (χ1) is 12.6.